The Hall–Kier alpha value is -3.31. The van der Waals surface area contributed by atoms with Gasteiger partial charge in [-0.3, -0.25) is 19.3 Å². The maximum absolute atomic E-state index is 13.2. The zero-order chi connectivity index (χ0) is 28.5. The van der Waals surface area contributed by atoms with E-state index in [4.69, 9.17) is 9.47 Å². The Kier molecular flexibility index (Phi) is 10.3. The summed E-state index contributed by atoms with van der Waals surface area (Å²) in [5, 5.41) is 10.3. The second-order valence-corrected chi connectivity index (χ2v) is 10.8. The summed E-state index contributed by atoms with van der Waals surface area (Å²) in [7, 11) is 0. The lowest BCUT2D eigenvalue weighted by Gasteiger charge is -2.23. The maximum Gasteiger partial charge on any atom is 0.175 e. The number of hydrogen-bond acceptors (Lipinski definition) is 7. The standard InChI is InChI=1S/C33H39NO6/c1-3-5-29(35)30(32(37)33(38)16-17-33)24(2)31(36)27-12-8-25(9-13-27)6-7-26-10-14-28(15-11-26)40-23-20-34-18-4-21-39-22-19-34/h8-15,24,30,38H,3-5,16-23H2,1-2H3. The summed E-state index contributed by atoms with van der Waals surface area (Å²) in [5.74, 6) is 4.01. The molecule has 7 nitrogen and oxygen atoms in total. The Bertz CT molecular complexity index is 1230. The zero-order valence-electron chi connectivity index (χ0n) is 23.5. The summed E-state index contributed by atoms with van der Waals surface area (Å²) in [6.45, 7) is 8.54. The third-order valence-corrected chi connectivity index (χ3v) is 7.59. The number of rotatable bonds is 12. The molecule has 4 rings (SSSR count). The van der Waals surface area contributed by atoms with Gasteiger partial charge in [-0.05, 0) is 62.1 Å². The summed E-state index contributed by atoms with van der Waals surface area (Å²) in [5.41, 5.74) is 0.555. The number of ketones is 3. The summed E-state index contributed by atoms with van der Waals surface area (Å²) in [6, 6.07) is 14.5. The van der Waals surface area contributed by atoms with Gasteiger partial charge >= 0.3 is 0 Å². The van der Waals surface area contributed by atoms with Crippen LogP contribution in [-0.2, 0) is 14.3 Å². The van der Waals surface area contributed by atoms with Gasteiger partial charge in [0, 0.05) is 55.3 Å². The van der Waals surface area contributed by atoms with E-state index in [1.165, 1.54) is 0 Å². The molecule has 2 unspecified atom stereocenters. The number of ether oxygens (including phenoxy) is 2. The topological polar surface area (TPSA) is 93.1 Å². The molecule has 2 aromatic carbocycles. The van der Waals surface area contributed by atoms with Gasteiger partial charge in [0.15, 0.2) is 11.6 Å². The van der Waals surface area contributed by atoms with E-state index < -0.39 is 23.2 Å². The molecule has 1 heterocycles. The smallest absolute Gasteiger partial charge is 0.175 e. The van der Waals surface area contributed by atoms with Crippen molar-refractivity contribution in [2.45, 2.75) is 51.6 Å². The predicted molar refractivity (Wildman–Crippen MR) is 152 cm³/mol. The number of nitrogens with zero attached hydrogens (tertiary/aromatic N) is 1. The fraction of sp³-hybridized carbons (Fsp3) is 0.485. The molecule has 40 heavy (non-hydrogen) atoms. The quantitative estimate of drug-likeness (QED) is 0.244. The first kappa shape index (κ1) is 29.7. The van der Waals surface area contributed by atoms with E-state index in [0.717, 1.165) is 56.1 Å². The van der Waals surface area contributed by atoms with Crippen molar-refractivity contribution in [2.75, 3.05) is 39.5 Å². The number of carbonyl (C=O) groups is 3. The minimum Gasteiger partial charge on any atom is -0.492 e. The lowest BCUT2D eigenvalue weighted by Crippen LogP contribution is -2.41. The van der Waals surface area contributed by atoms with Crippen LogP contribution in [0.25, 0.3) is 0 Å². The average molecular weight is 546 g/mol. The van der Waals surface area contributed by atoms with Gasteiger partial charge in [0.1, 0.15) is 23.7 Å². The second-order valence-electron chi connectivity index (χ2n) is 10.8. The SMILES string of the molecule is CCCC(=O)C(C(=O)C1(O)CC1)C(C)C(=O)c1ccc(C#Cc2ccc(OCCN3CCCOCC3)cc2)cc1. The number of benzene rings is 2. The minimum atomic E-state index is -1.45. The third-order valence-electron chi connectivity index (χ3n) is 7.59. The van der Waals surface area contributed by atoms with Crippen LogP contribution in [0.5, 0.6) is 5.75 Å². The Morgan fingerprint density at radius 1 is 1.00 bits per heavy atom. The minimum absolute atomic E-state index is 0.209. The molecule has 2 atom stereocenters. The normalized spacial score (nSPS) is 18.0. The van der Waals surface area contributed by atoms with Crippen molar-refractivity contribution in [3.8, 4) is 17.6 Å². The number of Topliss-reactive ketones (excluding diaryl/α,β-unsaturated/α-hetero) is 3. The molecule has 0 amide bonds. The Balaban J connectivity index is 1.33. The van der Waals surface area contributed by atoms with E-state index in [-0.39, 0.29) is 18.0 Å². The van der Waals surface area contributed by atoms with Crippen LogP contribution in [0, 0.1) is 23.7 Å². The van der Waals surface area contributed by atoms with Gasteiger partial charge in [0.2, 0.25) is 0 Å². The van der Waals surface area contributed by atoms with E-state index in [2.05, 4.69) is 16.7 Å². The predicted octanol–water partition coefficient (Wildman–Crippen LogP) is 4.09. The van der Waals surface area contributed by atoms with Crippen LogP contribution in [-0.4, -0.2) is 72.4 Å². The number of aliphatic hydroxyl groups is 1. The molecule has 7 heteroatoms. The highest BCUT2D eigenvalue weighted by Crippen LogP contribution is 2.40. The fourth-order valence-electron chi connectivity index (χ4n) is 4.93. The number of carbonyl (C=O) groups excluding carboxylic acids is 3. The van der Waals surface area contributed by atoms with Crippen LogP contribution < -0.4 is 4.74 Å². The van der Waals surface area contributed by atoms with Gasteiger partial charge in [-0.2, -0.15) is 0 Å². The Labute approximate surface area is 236 Å². The molecule has 0 aromatic heterocycles. The van der Waals surface area contributed by atoms with Crippen LogP contribution in [0.4, 0.5) is 0 Å². The summed E-state index contributed by atoms with van der Waals surface area (Å²) in [4.78, 5) is 41.2. The van der Waals surface area contributed by atoms with Gasteiger partial charge in [-0.15, -0.1) is 0 Å². The molecule has 212 valence electrons. The van der Waals surface area contributed by atoms with Crippen LogP contribution in [0.3, 0.4) is 0 Å². The molecule has 1 aliphatic heterocycles. The first-order chi connectivity index (χ1) is 19.3. The maximum atomic E-state index is 13.2. The summed E-state index contributed by atoms with van der Waals surface area (Å²) in [6.07, 6.45) is 2.54. The van der Waals surface area contributed by atoms with E-state index in [0.29, 0.717) is 31.4 Å². The Morgan fingerprint density at radius 2 is 1.65 bits per heavy atom. The van der Waals surface area contributed by atoms with Crippen molar-refractivity contribution in [3.05, 3.63) is 65.2 Å². The second kappa shape index (κ2) is 13.8. The van der Waals surface area contributed by atoms with E-state index in [1.807, 2.05) is 31.2 Å². The van der Waals surface area contributed by atoms with Crippen LogP contribution in [0.15, 0.2) is 48.5 Å². The highest BCUT2D eigenvalue weighted by Gasteiger charge is 2.53. The van der Waals surface area contributed by atoms with Gasteiger partial charge in [0.05, 0.1) is 12.5 Å². The van der Waals surface area contributed by atoms with Gasteiger partial charge in [0.25, 0.3) is 0 Å². The van der Waals surface area contributed by atoms with Crippen molar-refractivity contribution < 1.29 is 29.0 Å². The molecule has 0 radical (unpaired) electrons. The molecule has 2 aliphatic rings. The molecule has 0 spiro atoms. The Morgan fingerprint density at radius 3 is 2.27 bits per heavy atom. The molecule has 2 fully saturated rings. The monoisotopic (exact) mass is 545 g/mol. The largest absolute Gasteiger partial charge is 0.492 e. The number of hydrogen-bond donors (Lipinski definition) is 1. The van der Waals surface area contributed by atoms with Gasteiger partial charge in [-0.25, -0.2) is 0 Å². The molecular weight excluding hydrogens is 506 g/mol. The van der Waals surface area contributed by atoms with Crippen molar-refractivity contribution in [3.63, 3.8) is 0 Å². The van der Waals surface area contributed by atoms with Crippen LogP contribution in [0.2, 0.25) is 0 Å². The van der Waals surface area contributed by atoms with E-state index in [9.17, 15) is 19.5 Å². The molecule has 2 aromatic rings. The average Bonchev–Trinajstić information content (AvgIpc) is 3.76. The molecular formula is C33H39NO6. The molecule has 0 bridgehead atoms. The molecule has 1 saturated carbocycles. The van der Waals surface area contributed by atoms with Gasteiger partial charge in [-0.1, -0.05) is 37.8 Å². The molecule has 1 saturated heterocycles. The zero-order valence-corrected chi connectivity index (χ0v) is 23.5. The lowest BCUT2D eigenvalue weighted by molar-refractivity contribution is -0.141. The van der Waals surface area contributed by atoms with Crippen molar-refractivity contribution in [2.24, 2.45) is 11.8 Å². The molecule has 1 N–H and O–H groups in total. The van der Waals surface area contributed by atoms with Crippen molar-refractivity contribution in [1.29, 1.82) is 0 Å². The summed E-state index contributed by atoms with van der Waals surface area (Å²) < 4.78 is 11.4. The summed E-state index contributed by atoms with van der Waals surface area (Å²) >= 11 is 0. The lowest BCUT2D eigenvalue weighted by atomic mass is 9.78. The third kappa shape index (κ3) is 7.88. The van der Waals surface area contributed by atoms with Gasteiger partial charge < -0.3 is 14.6 Å². The van der Waals surface area contributed by atoms with Crippen LogP contribution >= 0.6 is 0 Å². The van der Waals surface area contributed by atoms with E-state index in [1.54, 1.807) is 31.2 Å². The highest BCUT2D eigenvalue weighted by molar-refractivity contribution is 6.12. The fourth-order valence-corrected chi connectivity index (χ4v) is 4.93. The van der Waals surface area contributed by atoms with Crippen molar-refractivity contribution >= 4 is 17.3 Å². The van der Waals surface area contributed by atoms with E-state index >= 15 is 0 Å². The van der Waals surface area contributed by atoms with Crippen molar-refractivity contribution in [1.82, 2.24) is 4.90 Å². The van der Waals surface area contributed by atoms with Crippen LogP contribution in [0.1, 0.15) is 67.4 Å². The first-order valence-electron chi connectivity index (χ1n) is 14.3. The molecule has 1 aliphatic carbocycles. The highest BCUT2D eigenvalue weighted by atomic mass is 16.5. The first-order valence-corrected chi connectivity index (χ1v) is 14.3.